The van der Waals surface area contributed by atoms with E-state index in [-0.39, 0.29) is 18.4 Å². The Balaban J connectivity index is 1.61. The first-order valence-corrected chi connectivity index (χ1v) is 8.32. The van der Waals surface area contributed by atoms with E-state index in [0.717, 1.165) is 43.9 Å². The quantitative estimate of drug-likeness (QED) is 0.859. The van der Waals surface area contributed by atoms with Crippen molar-refractivity contribution in [1.29, 1.82) is 0 Å². The summed E-state index contributed by atoms with van der Waals surface area (Å²) in [5, 5.41) is 0.736. The Hall–Kier alpha value is -1.55. The number of piperidine rings is 1. The molecule has 0 aromatic heterocycles. The number of carbonyl (C=O) groups is 2. The first-order valence-electron chi connectivity index (χ1n) is 7.94. The van der Waals surface area contributed by atoms with Crippen molar-refractivity contribution in [3.63, 3.8) is 0 Å². The summed E-state index contributed by atoms with van der Waals surface area (Å²) < 4.78 is 0. The SMILES string of the molecule is O=C1CCCN1CC(=O)N1CCC[C@H](c2ccc(Cl)cc2)C1. The second kappa shape index (κ2) is 6.69. The van der Waals surface area contributed by atoms with Gasteiger partial charge >= 0.3 is 0 Å². The van der Waals surface area contributed by atoms with Gasteiger partial charge < -0.3 is 9.80 Å². The lowest BCUT2D eigenvalue weighted by Gasteiger charge is -2.34. The van der Waals surface area contributed by atoms with Crippen molar-refractivity contribution >= 4 is 23.4 Å². The van der Waals surface area contributed by atoms with Crippen molar-refractivity contribution in [2.75, 3.05) is 26.2 Å². The fourth-order valence-electron chi connectivity index (χ4n) is 3.35. The van der Waals surface area contributed by atoms with E-state index in [0.29, 0.717) is 12.3 Å². The summed E-state index contributed by atoms with van der Waals surface area (Å²) >= 11 is 5.94. The monoisotopic (exact) mass is 320 g/mol. The molecule has 0 N–H and O–H groups in total. The van der Waals surface area contributed by atoms with Gasteiger partial charge in [0.05, 0.1) is 6.54 Å². The molecule has 2 fully saturated rings. The molecule has 0 radical (unpaired) electrons. The molecule has 0 saturated carbocycles. The van der Waals surface area contributed by atoms with Crippen LogP contribution in [-0.4, -0.2) is 47.8 Å². The normalized spacial score (nSPS) is 22.2. The molecule has 2 aliphatic rings. The molecule has 2 heterocycles. The Morgan fingerprint density at radius 1 is 1.18 bits per heavy atom. The lowest BCUT2D eigenvalue weighted by molar-refractivity contribution is -0.139. The Morgan fingerprint density at radius 3 is 2.64 bits per heavy atom. The Labute approximate surface area is 136 Å². The van der Waals surface area contributed by atoms with Crippen LogP contribution in [0, 0.1) is 0 Å². The number of rotatable bonds is 3. The molecule has 0 unspecified atom stereocenters. The van der Waals surface area contributed by atoms with Gasteiger partial charge in [0.2, 0.25) is 11.8 Å². The average Bonchev–Trinajstić information content (AvgIpc) is 2.93. The number of hydrogen-bond acceptors (Lipinski definition) is 2. The molecule has 3 rings (SSSR count). The lowest BCUT2D eigenvalue weighted by Crippen LogP contribution is -2.44. The van der Waals surface area contributed by atoms with Gasteiger partial charge in [0.25, 0.3) is 0 Å². The summed E-state index contributed by atoms with van der Waals surface area (Å²) in [5.74, 6) is 0.553. The first-order chi connectivity index (χ1) is 10.6. The zero-order chi connectivity index (χ0) is 15.5. The fraction of sp³-hybridized carbons (Fsp3) is 0.529. The van der Waals surface area contributed by atoms with Crippen LogP contribution in [0.15, 0.2) is 24.3 Å². The molecule has 0 spiro atoms. The van der Waals surface area contributed by atoms with Gasteiger partial charge in [-0.05, 0) is 37.0 Å². The van der Waals surface area contributed by atoms with Gasteiger partial charge in [-0.25, -0.2) is 0 Å². The molecule has 2 saturated heterocycles. The molecule has 2 amide bonds. The largest absolute Gasteiger partial charge is 0.341 e. The molecular weight excluding hydrogens is 300 g/mol. The number of amides is 2. The van der Waals surface area contributed by atoms with E-state index in [9.17, 15) is 9.59 Å². The smallest absolute Gasteiger partial charge is 0.242 e. The minimum Gasteiger partial charge on any atom is -0.341 e. The number of benzene rings is 1. The molecule has 2 aliphatic heterocycles. The van der Waals surface area contributed by atoms with Gasteiger partial charge in [-0.1, -0.05) is 23.7 Å². The van der Waals surface area contributed by atoms with Crippen molar-refractivity contribution in [2.24, 2.45) is 0 Å². The Bertz CT molecular complexity index is 558. The van der Waals surface area contributed by atoms with Gasteiger partial charge in [-0.15, -0.1) is 0 Å². The molecule has 1 aromatic carbocycles. The number of carbonyl (C=O) groups excluding carboxylic acids is 2. The maximum absolute atomic E-state index is 12.4. The summed E-state index contributed by atoms with van der Waals surface area (Å²) in [7, 11) is 0. The summed E-state index contributed by atoms with van der Waals surface area (Å²) in [6, 6.07) is 7.90. The standard InChI is InChI=1S/C17H21ClN2O2/c18-15-7-5-13(6-8-15)14-3-1-9-19(11-14)17(22)12-20-10-2-4-16(20)21/h5-8,14H,1-4,9-12H2/t14-/m0/s1. The van der Waals surface area contributed by atoms with Crippen molar-refractivity contribution in [2.45, 2.75) is 31.6 Å². The van der Waals surface area contributed by atoms with Gasteiger partial charge in [0.15, 0.2) is 0 Å². The van der Waals surface area contributed by atoms with Crippen molar-refractivity contribution in [3.8, 4) is 0 Å². The molecule has 5 heteroatoms. The third-order valence-electron chi connectivity index (χ3n) is 4.61. The highest BCUT2D eigenvalue weighted by atomic mass is 35.5. The predicted octanol–water partition coefficient (Wildman–Crippen LogP) is 2.67. The van der Waals surface area contributed by atoms with E-state index in [1.807, 2.05) is 29.2 Å². The van der Waals surface area contributed by atoms with Crippen LogP contribution in [0.4, 0.5) is 0 Å². The van der Waals surface area contributed by atoms with Gasteiger partial charge in [0, 0.05) is 37.0 Å². The van der Waals surface area contributed by atoms with Crippen LogP contribution in [0.1, 0.15) is 37.2 Å². The summed E-state index contributed by atoms with van der Waals surface area (Å²) in [4.78, 5) is 27.7. The molecule has 0 bridgehead atoms. The van der Waals surface area contributed by atoms with Gasteiger partial charge in [-0.3, -0.25) is 9.59 Å². The highest BCUT2D eigenvalue weighted by Gasteiger charge is 2.28. The highest BCUT2D eigenvalue weighted by Crippen LogP contribution is 2.28. The zero-order valence-corrected chi connectivity index (χ0v) is 13.4. The van der Waals surface area contributed by atoms with Crippen molar-refractivity contribution < 1.29 is 9.59 Å². The third-order valence-corrected chi connectivity index (χ3v) is 4.86. The molecule has 1 atom stereocenters. The second-order valence-electron chi connectivity index (χ2n) is 6.15. The number of halogens is 1. The predicted molar refractivity (Wildman–Crippen MR) is 85.8 cm³/mol. The average molecular weight is 321 g/mol. The molecular formula is C17H21ClN2O2. The van der Waals surface area contributed by atoms with Crippen LogP contribution in [0.2, 0.25) is 5.02 Å². The number of likely N-dealkylation sites (tertiary alicyclic amines) is 2. The fourth-order valence-corrected chi connectivity index (χ4v) is 3.47. The van der Waals surface area contributed by atoms with E-state index in [4.69, 9.17) is 11.6 Å². The molecule has 118 valence electrons. The van der Waals surface area contributed by atoms with E-state index in [1.54, 1.807) is 4.90 Å². The molecule has 22 heavy (non-hydrogen) atoms. The summed E-state index contributed by atoms with van der Waals surface area (Å²) in [6.45, 7) is 2.50. The summed E-state index contributed by atoms with van der Waals surface area (Å²) in [6.07, 6.45) is 3.56. The second-order valence-corrected chi connectivity index (χ2v) is 6.59. The van der Waals surface area contributed by atoms with Crippen LogP contribution < -0.4 is 0 Å². The minimum absolute atomic E-state index is 0.0777. The third kappa shape index (κ3) is 3.43. The van der Waals surface area contributed by atoms with Crippen LogP contribution in [0.3, 0.4) is 0 Å². The minimum atomic E-state index is 0.0777. The topological polar surface area (TPSA) is 40.6 Å². The Morgan fingerprint density at radius 2 is 1.95 bits per heavy atom. The molecule has 1 aromatic rings. The molecule has 0 aliphatic carbocycles. The maximum atomic E-state index is 12.4. The van der Waals surface area contributed by atoms with Crippen LogP contribution in [0.25, 0.3) is 0 Å². The van der Waals surface area contributed by atoms with E-state index in [1.165, 1.54) is 5.56 Å². The van der Waals surface area contributed by atoms with Gasteiger partial charge in [0.1, 0.15) is 0 Å². The maximum Gasteiger partial charge on any atom is 0.242 e. The van der Waals surface area contributed by atoms with Gasteiger partial charge in [-0.2, -0.15) is 0 Å². The van der Waals surface area contributed by atoms with E-state index < -0.39 is 0 Å². The van der Waals surface area contributed by atoms with E-state index in [2.05, 4.69) is 0 Å². The van der Waals surface area contributed by atoms with Crippen LogP contribution in [-0.2, 0) is 9.59 Å². The number of nitrogens with zero attached hydrogens (tertiary/aromatic N) is 2. The van der Waals surface area contributed by atoms with Crippen LogP contribution >= 0.6 is 11.6 Å². The number of hydrogen-bond donors (Lipinski definition) is 0. The van der Waals surface area contributed by atoms with Crippen LogP contribution in [0.5, 0.6) is 0 Å². The zero-order valence-electron chi connectivity index (χ0n) is 12.6. The highest BCUT2D eigenvalue weighted by molar-refractivity contribution is 6.30. The lowest BCUT2D eigenvalue weighted by atomic mass is 9.90. The van der Waals surface area contributed by atoms with E-state index >= 15 is 0 Å². The van der Waals surface area contributed by atoms with Crippen molar-refractivity contribution in [3.05, 3.63) is 34.9 Å². The molecule has 4 nitrogen and oxygen atoms in total. The Kier molecular flexibility index (Phi) is 4.67. The van der Waals surface area contributed by atoms with Crippen molar-refractivity contribution in [1.82, 2.24) is 9.80 Å². The first kappa shape index (κ1) is 15.3. The summed E-state index contributed by atoms with van der Waals surface area (Å²) in [5.41, 5.74) is 1.24.